The zero-order valence-corrected chi connectivity index (χ0v) is 23.2. The molecule has 2 atom stereocenters. The van der Waals surface area contributed by atoms with Gasteiger partial charge in [0.15, 0.2) is 0 Å². The second kappa shape index (κ2) is 20.4. The highest BCUT2D eigenvalue weighted by Crippen LogP contribution is 2.43. The molecule has 9 heteroatoms. The molecule has 0 amide bonds. The third-order valence-electron chi connectivity index (χ3n) is 5.13. The number of likely N-dealkylation sites (N-methyl/N-ethyl adjacent to an activating group) is 1. The number of hydrogen-bond acceptors (Lipinski definition) is 6. The number of ether oxygens (including phenoxy) is 2. The minimum atomic E-state index is -4.22. The second-order valence-electron chi connectivity index (χ2n) is 9.68. The van der Waals surface area contributed by atoms with Gasteiger partial charge < -0.3 is 18.9 Å². The Hall–Kier alpha value is -0.760. The van der Waals surface area contributed by atoms with Gasteiger partial charge in [-0.15, -0.1) is 0 Å². The Kier molecular flexibility index (Phi) is 20.0. The minimum Gasteiger partial charge on any atom is -0.457 e. The van der Waals surface area contributed by atoms with E-state index in [1.54, 1.807) is 6.92 Å². The lowest BCUT2D eigenvalue weighted by Crippen LogP contribution is -2.37. The maximum absolute atomic E-state index is 12.1. The van der Waals surface area contributed by atoms with Gasteiger partial charge in [-0.25, -0.2) is 4.57 Å². The Labute approximate surface area is 208 Å². The van der Waals surface area contributed by atoms with Crippen molar-refractivity contribution < 1.29 is 37.3 Å². The van der Waals surface area contributed by atoms with Gasteiger partial charge in [-0.2, -0.15) is 0 Å². The zero-order chi connectivity index (χ0) is 25.7. The van der Waals surface area contributed by atoms with E-state index in [4.69, 9.17) is 18.5 Å². The molecule has 0 aromatic rings. The van der Waals surface area contributed by atoms with Crippen molar-refractivity contribution in [1.82, 2.24) is 0 Å². The molecule has 0 aliphatic carbocycles. The summed E-state index contributed by atoms with van der Waals surface area (Å²) in [6.07, 6.45) is 15.9. The Bertz CT molecular complexity index is 578. The summed E-state index contributed by atoms with van der Waals surface area (Å²) in [6, 6.07) is 0. The van der Waals surface area contributed by atoms with E-state index < -0.39 is 19.9 Å². The predicted octanol–water partition coefficient (Wildman–Crippen LogP) is 5.64. The number of carbonyl (C=O) groups is 1. The summed E-state index contributed by atoms with van der Waals surface area (Å²) >= 11 is 0. The summed E-state index contributed by atoms with van der Waals surface area (Å²) in [4.78, 5) is 21.5. The Morgan fingerprint density at radius 1 is 0.882 bits per heavy atom. The number of unbranched alkanes of at least 4 members (excludes halogenated alkanes) is 8. The van der Waals surface area contributed by atoms with E-state index in [9.17, 15) is 14.3 Å². The molecule has 0 saturated heterocycles. The Morgan fingerprint density at radius 2 is 1.50 bits per heavy atom. The zero-order valence-electron chi connectivity index (χ0n) is 22.3. The number of quaternary nitrogens is 1. The van der Waals surface area contributed by atoms with Crippen molar-refractivity contribution >= 4 is 13.8 Å². The SMILES string of the molecule is CCCC/C=C\CCCCCCCCOCC(COP(=O)(O)OCC[N+](C)(C)C)OC(=O)CC. The van der Waals surface area contributed by atoms with E-state index in [2.05, 4.69) is 19.1 Å². The number of hydrogen-bond donors (Lipinski definition) is 1. The lowest BCUT2D eigenvalue weighted by atomic mass is 10.1. The average Bonchev–Trinajstić information content (AvgIpc) is 2.76. The van der Waals surface area contributed by atoms with Crippen LogP contribution in [0.15, 0.2) is 12.2 Å². The molecule has 0 rings (SSSR count). The fourth-order valence-electron chi connectivity index (χ4n) is 2.98. The molecule has 0 saturated carbocycles. The van der Waals surface area contributed by atoms with Crippen LogP contribution in [-0.4, -0.2) is 75.6 Å². The maximum atomic E-state index is 12.1. The molecule has 1 N–H and O–H groups in total. The summed E-state index contributed by atoms with van der Waals surface area (Å²) in [6.45, 7) is 4.97. The third kappa shape index (κ3) is 23.0. The fraction of sp³-hybridized carbons (Fsp3) is 0.880. The quantitative estimate of drug-likeness (QED) is 0.0628. The fourth-order valence-corrected chi connectivity index (χ4v) is 3.72. The van der Waals surface area contributed by atoms with Gasteiger partial charge in [-0.05, 0) is 25.7 Å². The standard InChI is InChI=1S/C25H50NO7P/c1-6-8-9-10-11-12-13-14-15-16-17-18-20-30-22-24(33-25(27)7-2)23-32-34(28,29)31-21-19-26(3,4)5/h10-11,24H,6-9,12-23H2,1-5H3/p+1/b11-10-. The van der Waals surface area contributed by atoms with E-state index in [0.29, 0.717) is 17.6 Å². The highest BCUT2D eigenvalue weighted by molar-refractivity contribution is 7.47. The van der Waals surface area contributed by atoms with Crippen LogP contribution in [0.2, 0.25) is 0 Å². The van der Waals surface area contributed by atoms with Gasteiger partial charge in [-0.3, -0.25) is 13.8 Å². The van der Waals surface area contributed by atoms with Crippen molar-refractivity contribution in [3.05, 3.63) is 12.2 Å². The van der Waals surface area contributed by atoms with Gasteiger partial charge in [0.2, 0.25) is 0 Å². The average molecular weight is 509 g/mol. The first-order valence-electron chi connectivity index (χ1n) is 12.9. The van der Waals surface area contributed by atoms with E-state index in [1.165, 1.54) is 51.4 Å². The molecular weight excluding hydrogens is 457 g/mol. The smallest absolute Gasteiger partial charge is 0.457 e. The predicted molar refractivity (Wildman–Crippen MR) is 137 cm³/mol. The minimum absolute atomic E-state index is 0.0862. The number of phosphoric acid groups is 1. The topological polar surface area (TPSA) is 91.3 Å². The van der Waals surface area contributed by atoms with Gasteiger partial charge in [0.05, 0.1) is 34.4 Å². The summed E-state index contributed by atoms with van der Waals surface area (Å²) in [5, 5.41) is 0. The molecule has 0 spiro atoms. The summed E-state index contributed by atoms with van der Waals surface area (Å²) in [7, 11) is 1.65. The third-order valence-corrected chi connectivity index (χ3v) is 6.12. The summed E-state index contributed by atoms with van der Waals surface area (Å²) < 4.78 is 33.6. The maximum Gasteiger partial charge on any atom is 0.472 e. The number of rotatable bonds is 23. The summed E-state index contributed by atoms with van der Waals surface area (Å²) in [5.41, 5.74) is 0. The lowest BCUT2D eigenvalue weighted by Gasteiger charge is -2.24. The molecule has 0 aromatic carbocycles. The van der Waals surface area contributed by atoms with Gasteiger partial charge in [0.1, 0.15) is 19.3 Å². The molecule has 0 bridgehead atoms. The van der Waals surface area contributed by atoms with Crippen LogP contribution < -0.4 is 0 Å². The molecule has 0 heterocycles. The highest BCUT2D eigenvalue weighted by Gasteiger charge is 2.26. The number of phosphoric ester groups is 1. The van der Waals surface area contributed by atoms with Crippen molar-refractivity contribution in [2.24, 2.45) is 0 Å². The van der Waals surface area contributed by atoms with Crippen LogP contribution >= 0.6 is 7.82 Å². The molecule has 0 aliphatic heterocycles. The summed E-state index contributed by atoms with van der Waals surface area (Å²) in [5.74, 6) is -0.406. The van der Waals surface area contributed by atoms with Crippen molar-refractivity contribution in [3.8, 4) is 0 Å². The lowest BCUT2D eigenvalue weighted by molar-refractivity contribution is -0.870. The van der Waals surface area contributed by atoms with Crippen LogP contribution in [0, 0.1) is 0 Å². The first-order valence-corrected chi connectivity index (χ1v) is 14.4. The van der Waals surface area contributed by atoms with Crippen LogP contribution in [0.4, 0.5) is 0 Å². The monoisotopic (exact) mass is 508 g/mol. The van der Waals surface area contributed by atoms with Crippen molar-refractivity contribution in [2.45, 2.75) is 90.6 Å². The van der Waals surface area contributed by atoms with Crippen LogP contribution in [0.5, 0.6) is 0 Å². The van der Waals surface area contributed by atoms with Gasteiger partial charge in [-0.1, -0.05) is 64.5 Å². The van der Waals surface area contributed by atoms with E-state index in [1.807, 2.05) is 21.1 Å². The number of esters is 1. The molecular formula is C25H51NO7P+. The molecule has 0 aliphatic rings. The first kappa shape index (κ1) is 33.2. The van der Waals surface area contributed by atoms with E-state index in [0.717, 1.165) is 12.8 Å². The Morgan fingerprint density at radius 3 is 2.12 bits per heavy atom. The van der Waals surface area contributed by atoms with Crippen molar-refractivity contribution in [3.63, 3.8) is 0 Å². The molecule has 202 valence electrons. The largest absolute Gasteiger partial charge is 0.472 e. The molecule has 34 heavy (non-hydrogen) atoms. The number of carbonyl (C=O) groups excluding carboxylic acids is 1. The van der Waals surface area contributed by atoms with Gasteiger partial charge in [0.25, 0.3) is 0 Å². The van der Waals surface area contributed by atoms with Crippen LogP contribution in [-0.2, 0) is 27.9 Å². The van der Waals surface area contributed by atoms with Gasteiger partial charge in [0, 0.05) is 13.0 Å². The second-order valence-corrected chi connectivity index (χ2v) is 11.1. The number of nitrogens with zero attached hydrogens (tertiary/aromatic N) is 1. The molecule has 8 nitrogen and oxygen atoms in total. The van der Waals surface area contributed by atoms with Crippen LogP contribution in [0.25, 0.3) is 0 Å². The van der Waals surface area contributed by atoms with Crippen molar-refractivity contribution in [1.29, 1.82) is 0 Å². The highest BCUT2D eigenvalue weighted by atomic mass is 31.2. The molecule has 2 unspecified atom stereocenters. The Balaban J connectivity index is 4.00. The van der Waals surface area contributed by atoms with Crippen molar-refractivity contribution in [2.75, 3.05) is 54.1 Å². The van der Waals surface area contributed by atoms with Crippen LogP contribution in [0.1, 0.15) is 84.5 Å². The number of allylic oxidation sites excluding steroid dienone is 2. The normalized spacial score (nSPS) is 14.9. The van der Waals surface area contributed by atoms with E-state index >= 15 is 0 Å². The molecule has 0 aromatic heterocycles. The first-order chi connectivity index (χ1) is 16.1. The van der Waals surface area contributed by atoms with Crippen LogP contribution in [0.3, 0.4) is 0 Å². The molecule has 0 radical (unpaired) electrons. The van der Waals surface area contributed by atoms with E-state index in [-0.39, 0.29) is 26.2 Å². The molecule has 0 fully saturated rings. The van der Waals surface area contributed by atoms with Gasteiger partial charge >= 0.3 is 13.8 Å².